The molecule has 162 valence electrons. The lowest BCUT2D eigenvalue weighted by Gasteiger charge is -2.29. The number of hydrogen-bond donors (Lipinski definition) is 0. The Bertz CT molecular complexity index is 1070. The summed E-state index contributed by atoms with van der Waals surface area (Å²) in [5, 5.41) is 5.97. The zero-order valence-electron chi connectivity index (χ0n) is 17.7. The maximum atomic E-state index is 6.52. The summed E-state index contributed by atoms with van der Waals surface area (Å²) in [5.74, 6) is 2.11. The summed E-state index contributed by atoms with van der Waals surface area (Å²) in [6.45, 7) is 4.96. The fraction of sp³-hybridized carbons (Fsp3) is 0.500. The fourth-order valence-electron chi connectivity index (χ4n) is 4.58. The first-order valence-electron chi connectivity index (χ1n) is 11.4. The molecule has 3 aliphatic rings. The van der Waals surface area contributed by atoms with Gasteiger partial charge in [-0.15, -0.1) is 0 Å². The number of fused-ring (bicyclic) bond motifs is 1. The lowest BCUT2D eigenvalue weighted by molar-refractivity contribution is 0.0839. The molecule has 2 saturated heterocycles. The molecule has 4 heterocycles. The van der Waals surface area contributed by atoms with Crippen LogP contribution in [-0.4, -0.2) is 54.3 Å². The van der Waals surface area contributed by atoms with Gasteiger partial charge in [-0.1, -0.05) is 0 Å². The van der Waals surface area contributed by atoms with Crippen molar-refractivity contribution in [2.75, 3.05) is 44.4 Å². The molecule has 6 rings (SSSR count). The van der Waals surface area contributed by atoms with Gasteiger partial charge >= 0.3 is 0 Å². The lowest BCUT2D eigenvalue weighted by atomic mass is 9.96. The molecule has 2 aliphatic heterocycles. The van der Waals surface area contributed by atoms with Crippen LogP contribution in [0, 0.1) is 0 Å². The van der Waals surface area contributed by atoms with E-state index in [4.69, 9.17) is 19.3 Å². The summed E-state index contributed by atoms with van der Waals surface area (Å²) < 4.78 is 19.7. The number of ether oxygens (including phenoxy) is 3. The minimum Gasteiger partial charge on any atom is -0.453 e. The van der Waals surface area contributed by atoms with E-state index in [9.17, 15) is 0 Å². The molecule has 0 amide bonds. The molecule has 3 fully saturated rings. The van der Waals surface area contributed by atoms with Crippen molar-refractivity contribution >= 4 is 16.6 Å². The van der Waals surface area contributed by atoms with E-state index in [2.05, 4.69) is 39.0 Å². The highest BCUT2D eigenvalue weighted by Gasteiger charge is 2.30. The van der Waals surface area contributed by atoms with Crippen LogP contribution in [-0.2, 0) is 9.47 Å². The average molecular weight is 421 g/mol. The van der Waals surface area contributed by atoms with Crippen LogP contribution in [0.5, 0.6) is 11.5 Å². The predicted molar refractivity (Wildman–Crippen MR) is 118 cm³/mol. The zero-order chi connectivity index (χ0) is 20.6. The van der Waals surface area contributed by atoms with Crippen molar-refractivity contribution in [2.45, 2.75) is 37.6 Å². The van der Waals surface area contributed by atoms with Crippen LogP contribution < -0.4 is 9.64 Å². The quantitative estimate of drug-likeness (QED) is 0.614. The van der Waals surface area contributed by atoms with Gasteiger partial charge in [0, 0.05) is 49.5 Å². The van der Waals surface area contributed by atoms with Gasteiger partial charge in [-0.25, -0.2) is 0 Å². The summed E-state index contributed by atoms with van der Waals surface area (Å²) in [7, 11) is 0. The Morgan fingerprint density at radius 2 is 1.71 bits per heavy atom. The number of rotatable bonds is 5. The van der Waals surface area contributed by atoms with Crippen molar-refractivity contribution in [1.82, 2.24) is 14.8 Å². The highest BCUT2D eigenvalue weighted by molar-refractivity contribution is 5.88. The highest BCUT2D eigenvalue weighted by Crippen LogP contribution is 2.41. The van der Waals surface area contributed by atoms with Crippen LogP contribution in [0.2, 0.25) is 0 Å². The predicted octanol–water partition coefficient (Wildman–Crippen LogP) is 4.29. The van der Waals surface area contributed by atoms with Gasteiger partial charge in [0.15, 0.2) is 5.75 Å². The molecular weight excluding hydrogens is 392 g/mol. The molecule has 0 radical (unpaired) electrons. The molecule has 2 aromatic heterocycles. The molecule has 0 N–H and O–H groups in total. The van der Waals surface area contributed by atoms with Gasteiger partial charge < -0.3 is 19.1 Å². The van der Waals surface area contributed by atoms with Crippen LogP contribution in [0.25, 0.3) is 10.9 Å². The minimum absolute atomic E-state index is 0.393. The Labute approximate surface area is 181 Å². The van der Waals surface area contributed by atoms with E-state index in [1.54, 1.807) is 0 Å². The lowest BCUT2D eigenvalue weighted by Crippen LogP contribution is -2.36. The van der Waals surface area contributed by atoms with Crippen molar-refractivity contribution in [2.24, 2.45) is 0 Å². The minimum atomic E-state index is 0.393. The molecule has 1 saturated carbocycles. The summed E-state index contributed by atoms with van der Waals surface area (Å²) >= 11 is 0. The molecule has 0 bridgehead atoms. The van der Waals surface area contributed by atoms with Gasteiger partial charge in [0.2, 0.25) is 0 Å². The van der Waals surface area contributed by atoms with Gasteiger partial charge in [-0.3, -0.25) is 9.67 Å². The second-order valence-electron chi connectivity index (χ2n) is 8.69. The van der Waals surface area contributed by atoms with E-state index >= 15 is 0 Å². The van der Waals surface area contributed by atoms with Crippen molar-refractivity contribution in [3.8, 4) is 11.5 Å². The van der Waals surface area contributed by atoms with E-state index < -0.39 is 0 Å². The van der Waals surface area contributed by atoms with E-state index in [1.807, 2.05) is 12.3 Å². The van der Waals surface area contributed by atoms with E-state index in [0.717, 1.165) is 80.5 Å². The standard InChI is InChI=1S/C24H28N4O3/c1-2-18(1)28-16-23(24(26-28)17-6-11-29-12-7-17)31-22-5-8-25-21-15-19(3-4-20(21)22)27-9-13-30-14-10-27/h3-5,8,15-18H,1-2,6-7,9-14H2. The van der Waals surface area contributed by atoms with E-state index in [-0.39, 0.29) is 0 Å². The monoisotopic (exact) mass is 420 g/mol. The van der Waals surface area contributed by atoms with E-state index in [1.165, 1.54) is 18.5 Å². The molecule has 1 aliphatic carbocycles. The normalized spacial score (nSPS) is 20.3. The molecule has 3 aromatic rings. The molecule has 0 atom stereocenters. The Morgan fingerprint density at radius 1 is 0.903 bits per heavy atom. The van der Waals surface area contributed by atoms with Gasteiger partial charge in [-0.2, -0.15) is 5.10 Å². The van der Waals surface area contributed by atoms with Crippen LogP contribution in [0.1, 0.15) is 43.3 Å². The van der Waals surface area contributed by atoms with Crippen molar-refractivity contribution in [3.63, 3.8) is 0 Å². The maximum Gasteiger partial charge on any atom is 0.168 e. The Balaban J connectivity index is 1.32. The number of pyridine rings is 1. The smallest absolute Gasteiger partial charge is 0.168 e. The number of aromatic nitrogens is 3. The summed E-state index contributed by atoms with van der Waals surface area (Å²) in [6.07, 6.45) is 8.33. The number of nitrogens with zero attached hydrogens (tertiary/aromatic N) is 4. The molecule has 7 nitrogen and oxygen atoms in total. The molecular formula is C24H28N4O3. The Kier molecular flexibility index (Phi) is 5.00. The summed E-state index contributed by atoms with van der Waals surface area (Å²) in [6, 6.07) is 8.93. The number of morpholine rings is 1. The fourth-order valence-corrected chi connectivity index (χ4v) is 4.58. The third-order valence-corrected chi connectivity index (χ3v) is 6.54. The number of anilines is 1. The van der Waals surface area contributed by atoms with Gasteiger partial charge in [0.05, 0.1) is 31.0 Å². The first kappa shape index (κ1) is 19.1. The van der Waals surface area contributed by atoms with Crippen molar-refractivity contribution in [3.05, 3.63) is 42.4 Å². The number of hydrogen-bond acceptors (Lipinski definition) is 6. The average Bonchev–Trinajstić information content (AvgIpc) is 3.60. The van der Waals surface area contributed by atoms with Gasteiger partial charge in [0.1, 0.15) is 11.4 Å². The van der Waals surface area contributed by atoms with Crippen molar-refractivity contribution in [1.29, 1.82) is 0 Å². The van der Waals surface area contributed by atoms with Crippen LogP contribution >= 0.6 is 0 Å². The summed E-state index contributed by atoms with van der Waals surface area (Å²) in [5.41, 5.74) is 3.21. The van der Waals surface area contributed by atoms with Crippen LogP contribution in [0.4, 0.5) is 5.69 Å². The molecule has 31 heavy (non-hydrogen) atoms. The van der Waals surface area contributed by atoms with Crippen LogP contribution in [0.15, 0.2) is 36.7 Å². The first-order chi connectivity index (χ1) is 15.3. The number of benzene rings is 1. The molecule has 7 heteroatoms. The van der Waals surface area contributed by atoms with Gasteiger partial charge in [-0.05, 0) is 49.9 Å². The largest absolute Gasteiger partial charge is 0.453 e. The second-order valence-corrected chi connectivity index (χ2v) is 8.69. The van der Waals surface area contributed by atoms with Gasteiger partial charge in [0.25, 0.3) is 0 Å². The first-order valence-corrected chi connectivity index (χ1v) is 11.4. The highest BCUT2D eigenvalue weighted by atomic mass is 16.5. The molecule has 1 aromatic carbocycles. The Morgan fingerprint density at radius 3 is 2.52 bits per heavy atom. The topological polar surface area (TPSA) is 61.6 Å². The Hall–Kier alpha value is -2.64. The molecule has 0 spiro atoms. The van der Waals surface area contributed by atoms with Crippen molar-refractivity contribution < 1.29 is 14.2 Å². The van der Waals surface area contributed by atoms with Crippen LogP contribution in [0.3, 0.4) is 0 Å². The maximum absolute atomic E-state index is 6.52. The SMILES string of the molecule is c1cc(Oc2cn(C3CC3)nc2C2CCOCC2)c2ccc(N3CCOCC3)cc2n1. The third-order valence-electron chi connectivity index (χ3n) is 6.54. The summed E-state index contributed by atoms with van der Waals surface area (Å²) in [4.78, 5) is 6.97. The van der Waals surface area contributed by atoms with E-state index in [0.29, 0.717) is 12.0 Å². The second kappa shape index (κ2) is 8.13. The zero-order valence-corrected chi connectivity index (χ0v) is 17.7. The third kappa shape index (κ3) is 3.88. The molecule has 0 unspecified atom stereocenters.